The smallest absolute Gasteiger partial charge is 0.244 e. The van der Waals surface area contributed by atoms with Crippen molar-refractivity contribution < 1.29 is 9.90 Å². The topological polar surface area (TPSA) is 49.3 Å². The maximum Gasteiger partial charge on any atom is 0.244 e. The van der Waals surface area contributed by atoms with Crippen LogP contribution in [0.5, 0.6) is 0 Å². The summed E-state index contributed by atoms with van der Waals surface area (Å²) in [6, 6.07) is 7.73. The molecule has 0 aromatic heterocycles. The zero-order valence-electron chi connectivity index (χ0n) is 11.4. The minimum absolute atomic E-state index is 0.160. The first-order valence-electron chi connectivity index (χ1n) is 7.01. The van der Waals surface area contributed by atoms with Crippen molar-refractivity contribution in [3.05, 3.63) is 40.4 Å². The van der Waals surface area contributed by atoms with Gasteiger partial charge in [-0.25, -0.2) is 0 Å². The summed E-state index contributed by atoms with van der Waals surface area (Å²) in [7, 11) is 0. The first-order valence-corrected chi connectivity index (χ1v) is 7.81. The molecule has 0 atom stereocenters. The van der Waals surface area contributed by atoms with Crippen molar-refractivity contribution in [2.45, 2.75) is 37.7 Å². The number of halogens is 1. The molecule has 3 nitrogen and oxygen atoms in total. The van der Waals surface area contributed by atoms with Gasteiger partial charge in [-0.2, -0.15) is 0 Å². The monoisotopic (exact) mass is 337 g/mol. The Morgan fingerprint density at radius 3 is 2.55 bits per heavy atom. The predicted octanol–water partition coefficient (Wildman–Crippen LogP) is 3.27. The summed E-state index contributed by atoms with van der Waals surface area (Å²) in [6.07, 6.45) is 8.11. The van der Waals surface area contributed by atoms with Crippen molar-refractivity contribution in [2.24, 2.45) is 0 Å². The molecule has 0 saturated heterocycles. The number of benzene rings is 1. The van der Waals surface area contributed by atoms with Crippen LogP contribution in [0.1, 0.15) is 37.7 Å². The van der Waals surface area contributed by atoms with Crippen molar-refractivity contribution in [1.82, 2.24) is 5.32 Å². The Hall–Kier alpha value is -1.13. The van der Waals surface area contributed by atoms with E-state index in [4.69, 9.17) is 0 Å². The van der Waals surface area contributed by atoms with Crippen molar-refractivity contribution in [3.8, 4) is 0 Å². The van der Waals surface area contributed by atoms with Gasteiger partial charge in [0.2, 0.25) is 5.91 Å². The lowest BCUT2D eigenvalue weighted by molar-refractivity contribution is -0.118. The van der Waals surface area contributed by atoms with E-state index in [1.165, 1.54) is 12.5 Å². The first-order chi connectivity index (χ1) is 9.57. The second-order valence-electron chi connectivity index (χ2n) is 5.39. The summed E-state index contributed by atoms with van der Waals surface area (Å²) in [5.41, 5.74) is 0.263. The zero-order valence-corrected chi connectivity index (χ0v) is 13.0. The number of nitrogens with one attached hydrogen (secondary N) is 1. The van der Waals surface area contributed by atoms with Crippen molar-refractivity contribution in [1.29, 1.82) is 0 Å². The highest BCUT2D eigenvalue weighted by atomic mass is 79.9. The minimum Gasteiger partial charge on any atom is -0.388 e. The lowest BCUT2D eigenvalue weighted by Crippen LogP contribution is -2.43. The van der Waals surface area contributed by atoms with Crippen LogP contribution >= 0.6 is 15.9 Å². The summed E-state index contributed by atoms with van der Waals surface area (Å²) in [6.45, 7) is 0.344. The normalized spacial score (nSPS) is 18.1. The molecule has 4 heteroatoms. The molecule has 0 aliphatic heterocycles. The van der Waals surface area contributed by atoms with E-state index in [9.17, 15) is 9.90 Å². The molecule has 1 saturated carbocycles. The molecule has 0 bridgehead atoms. The van der Waals surface area contributed by atoms with Crippen LogP contribution in [0.25, 0.3) is 6.08 Å². The molecule has 2 N–H and O–H groups in total. The highest BCUT2D eigenvalue weighted by Gasteiger charge is 2.29. The van der Waals surface area contributed by atoms with E-state index in [1.807, 2.05) is 24.3 Å². The number of rotatable bonds is 4. The lowest BCUT2D eigenvalue weighted by Gasteiger charge is -2.31. The van der Waals surface area contributed by atoms with Crippen LogP contribution in [-0.2, 0) is 4.79 Å². The Labute approximate surface area is 128 Å². The fraction of sp³-hybridized carbons (Fsp3) is 0.438. The van der Waals surface area contributed by atoms with E-state index >= 15 is 0 Å². The number of amides is 1. The highest BCUT2D eigenvalue weighted by Crippen LogP contribution is 2.27. The van der Waals surface area contributed by atoms with Gasteiger partial charge in [-0.05, 0) is 36.6 Å². The van der Waals surface area contributed by atoms with Gasteiger partial charge in [0.25, 0.3) is 0 Å². The summed E-state index contributed by atoms with van der Waals surface area (Å²) in [5.74, 6) is -0.160. The van der Waals surface area contributed by atoms with Crippen LogP contribution in [0, 0.1) is 0 Å². The van der Waals surface area contributed by atoms with Crippen LogP contribution in [0.3, 0.4) is 0 Å². The molecular weight excluding hydrogens is 318 g/mol. The highest BCUT2D eigenvalue weighted by molar-refractivity contribution is 9.10. The maximum absolute atomic E-state index is 11.7. The fourth-order valence-corrected chi connectivity index (χ4v) is 2.71. The lowest BCUT2D eigenvalue weighted by atomic mass is 9.85. The second kappa shape index (κ2) is 7.04. The third-order valence-electron chi connectivity index (χ3n) is 3.67. The Bertz CT molecular complexity index is 476. The fourth-order valence-electron chi connectivity index (χ4n) is 2.44. The Morgan fingerprint density at radius 2 is 1.90 bits per heavy atom. The van der Waals surface area contributed by atoms with E-state index in [0.29, 0.717) is 6.54 Å². The number of hydrogen-bond donors (Lipinski definition) is 2. The molecule has 1 aromatic carbocycles. The van der Waals surface area contributed by atoms with Gasteiger partial charge < -0.3 is 10.4 Å². The van der Waals surface area contributed by atoms with E-state index in [0.717, 1.165) is 35.7 Å². The molecule has 0 unspecified atom stereocenters. The number of carbonyl (C=O) groups is 1. The molecule has 1 aromatic rings. The van der Waals surface area contributed by atoms with Crippen molar-refractivity contribution >= 4 is 27.9 Å². The molecular formula is C16H20BrNO2. The minimum atomic E-state index is -0.709. The molecule has 1 fully saturated rings. The van der Waals surface area contributed by atoms with Crippen LogP contribution < -0.4 is 5.32 Å². The van der Waals surface area contributed by atoms with Crippen molar-refractivity contribution in [2.75, 3.05) is 6.54 Å². The average Bonchev–Trinajstić information content (AvgIpc) is 2.45. The molecule has 1 aliphatic carbocycles. The van der Waals surface area contributed by atoms with Gasteiger partial charge in [0, 0.05) is 17.1 Å². The van der Waals surface area contributed by atoms with Crippen molar-refractivity contribution in [3.63, 3.8) is 0 Å². The Morgan fingerprint density at radius 1 is 1.25 bits per heavy atom. The third-order valence-corrected chi connectivity index (χ3v) is 4.20. The molecule has 1 amide bonds. The van der Waals surface area contributed by atoms with Crippen LogP contribution in [-0.4, -0.2) is 23.2 Å². The molecule has 0 radical (unpaired) electrons. The molecule has 0 spiro atoms. The van der Waals surface area contributed by atoms with Crippen LogP contribution in [0.2, 0.25) is 0 Å². The predicted molar refractivity (Wildman–Crippen MR) is 84.2 cm³/mol. The zero-order chi connectivity index (χ0) is 14.4. The number of aliphatic hydroxyl groups is 1. The van der Waals surface area contributed by atoms with Gasteiger partial charge >= 0.3 is 0 Å². The van der Waals surface area contributed by atoms with Gasteiger partial charge in [0.15, 0.2) is 0 Å². The quantitative estimate of drug-likeness (QED) is 0.828. The first kappa shape index (κ1) is 15.3. The van der Waals surface area contributed by atoms with Gasteiger partial charge in [0.1, 0.15) is 0 Å². The van der Waals surface area contributed by atoms with Gasteiger partial charge in [-0.15, -0.1) is 0 Å². The summed E-state index contributed by atoms with van der Waals surface area (Å²) in [5, 5.41) is 13.1. The molecule has 2 rings (SSSR count). The average molecular weight is 338 g/mol. The van der Waals surface area contributed by atoms with Crippen LogP contribution in [0.4, 0.5) is 0 Å². The van der Waals surface area contributed by atoms with E-state index in [-0.39, 0.29) is 5.91 Å². The maximum atomic E-state index is 11.7. The van der Waals surface area contributed by atoms with Gasteiger partial charge in [0.05, 0.1) is 5.60 Å². The van der Waals surface area contributed by atoms with E-state index < -0.39 is 5.60 Å². The molecule has 108 valence electrons. The largest absolute Gasteiger partial charge is 0.388 e. The number of carbonyl (C=O) groups excluding carboxylic acids is 1. The van der Waals surface area contributed by atoms with E-state index in [2.05, 4.69) is 21.2 Å². The molecule has 1 aliphatic rings. The standard InChI is InChI=1S/C16H20BrNO2/c17-14-7-4-13(5-8-14)6-9-15(19)18-12-16(20)10-2-1-3-11-16/h4-9,20H,1-3,10-12H2,(H,18,19). The molecule has 0 heterocycles. The summed E-state index contributed by atoms with van der Waals surface area (Å²) in [4.78, 5) is 11.7. The molecule has 20 heavy (non-hydrogen) atoms. The number of hydrogen-bond acceptors (Lipinski definition) is 2. The Kier molecular flexibility index (Phi) is 5.38. The van der Waals surface area contributed by atoms with Gasteiger partial charge in [-0.1, -0.05) is 47.3 Å². The van der Waals surface area contributed by atoms with Gasteiger partial charge in [-0.3, -0.25) is 4.79 Å². The SMILES string of the molecule is O=C(C=Cc1ccc(Br)cc1)NCC1(O)CCCCC1. The third kappa shape index (κ3) is 4.76. The second-order valence-corrected chi connectivity index (χ2v) is 6.30. The Balaban J connectivity index is 1.81. The summed E-state index contributed by atoms with van der Waals surface area (Å²) >= 11 is 3.37. The van der Waals surface area contributed by atoms with Crippen LogP contribution in [0.15, 0.2) is 34.8 Å². The van der Waals surface area contributed by atoms with E-state index in [1.54, 1.807) is 6.08 Å². The summed E-state index contributed by atoms with van der Waals surface area (Å²) < 4.78 is 1.01.